The molecule has 3 N–H and O–H groups in total. The lowest BCUT2D eigenvalue weighted by Gasteiger charge is -2.10. The van der Waals surface area contributed by atoms with Crippen LogP contribution in [0.25, 0.3) is 0 Å². The average Bonchev–Trinajstić information content (AvgIpc) is 2.24. The number of rotatable bonds is 6. The van der Waals surface area contributed by atoms with Gasteiger partial charge in [-0.2, -0.15) is 0 Å². The van der Waals surface area contributed by atoms with Crippen molar-refractivity contribution in [3.63, 3.8) is 0 Å². The molecule has 5 nitrogen and oxygen atoms in total. The Balaban J connectivity index is 2.64. The van der Waals surface area contributed by atoms with Crippen molar-refractivity contribution in [1.29, 1.82) is 0 Å². The van der Waals surface area contributed by atoms with E-state index in [4.69, 9.17) is 9.88 Å². The molecule has 0 aromatic heterocycles. The lowest BCUT2D eigenvalue weighted by molar-refractivity contribution is 0.0870. The van der Waals surface area contributed by atoms with Gasteiger partial charge in [-0.1, -0.05) is 0 Å². The molecule has 0 bridgehead atoms. The summed E-state index contributed by atoms with van der Waals surface area (Å²) in [6.07, 6.45) is 0.112. The fourth-order valence-corrected chi connectivity index (χ4v) is 1.82. The van der Waals surface area contributed by atoms with E-state index < -0.39 is 15.8 Å². The van der Waals surface area contributed by atoms with E-state index in [-0.39, 0.29) is 16.7 Å². The average molecular weight is 276 g/mol. The molecule has 0 saturated heterocycles. The van der Waals surface area contributed by atoms with Crippen LogP contribution >= 0.6 is 0 Å². The second kappa shape index (κ2) is 6.12. The SMILES string of the molecule is CC(C)OCCNc1ccc(S(N)(=O)=O)cc1F. The normalized spacial score (nSPS) is 11.8. The molecule has 1 rings (SSSR count). The minimum Gasteiger partial charge on any atom is -0.380 e. The quantitative estimate of drug-likeness (QED) is 0.768. The first kappa shape index (κ1) is 14.9. The van der Waals surface area contributed by atoms with E-state index >= 15 is 0 Å². The molecule has 0 spiro atoms. The molecule has 1 aromatic carbocycles. The van der Waals surface area contributed by atoms with Crippen molar-refractivity contribution in [2.45, 2.75) is 24.8 Å². The number of sulfonamides is 1. The van der Waals surface area contributed by atoms with E-state index in [1.807, 2.05) is 13.8 Å². The van der Waals surface area contributed by atoms with Gasteiger partial charge in [-0.3, -0.25) is 0 Å². The molecule has 102 valence electrons. The number of ether oxygens (including phenoxy) is 1. The fraction of sp³-hybridized carbons (Fsp3) is 0.455. The van der Waals surface area contributed by atoms with Crippen molar-refractivity contribution < 1.29 is 17.5 Å². The largest absolute Gasteiger partial charge is 0.380 e. The van der Waals surface area contributed by atoms with Crippen molar-refractivity contribution >= 4 is 15.7 Å². The standard InChI is InChI=1S/C11H17FN2O3S/c1-8(2)17-6-5-14-11-4-3-9(7-10(11)12)18(13,15)16/h3-4,7-8,14H,5-6H2,1-2H3,(H2,13,15,16). The molecule has 7 heteroatoms. The molecule has 0 aliphatic heterocycles. The van der Waals surface area contributed by atoms with Gasteiger partial charge in [0.2, 0.25) is 10.0 Å². The van der Waals surface area contributed by atoms with Crippen molar-refractivity contribution in [1.82, 2.24) is 0 Å². The second-order valence-corrected chi connectivity index (χ2v) is 5.59. The highest BCUT2D eigenvalue weighted by atomic mass is 32.2. The van der Waals surface area contributed by atoms with E-state index in [9.17, 15) is 12.8 Å². The summed E-state index contributed by atoms with van der Waals surface area (Å²) in [7, 11) is -3.87. The van der Waals surface area contributed by atoms with Crippen LogP contribution in [0, 0.1) is 5.82 Å². The summed E-state index contributed by atoms with van der Waals surface area (Å²) >= 11 is 0. The van der Waals surface area contributed by atoms with Gasteiger partial charge in [-0.15, -0.1) is 0 Å². The summed E-state index contributed by atoms with van der Waals surface area (Å²) < 4.78 is 40.8. The lowest BCUT2D eigenvalue weighted by Crippen LogP contribution is -2.15. The number of anilines is 1. The van der Waals surface area contributed by atoms with E-state index in [2.05, 4.69) is 5.32 Å². The zero-order valence-corrected chi connectivity index (χ0v) is 11.1. The van der Waals surface area contributed by atoms with Crippen LogP contribution in [0.1, 0.15) is 13.8 Å². The van der Waals surface area contributed by atoms with Gasteiger partial charge in [0, 0.05) is 6.54 Å². The topological polar surface area (TPSA) is 81.4 Å². The van der Waals surface area contributed by atoms with Crippen LogP contribution < -0.4 is 10.5 Å². The van der Waals surface area contributed by atoms with E-state index in [1.54, 1.807) is 0 Å². The molecule has 0 unspecified atom stereocenters. The number of nitrogens with one attached hydrogen (secondary N) is 1. The molecule has 0 aliphatic rings. The van der Waals surface area contributed by atoms with Crippen LogP contribution in [0.15, 0.2) is 23.1 Å². The first-order valence-corrected chi connectivity index (χ1v) is 7.03. The fourth-order valence-electron chi connectivity index (χ4n) is 1.30. The van der Waals surface area contributed by atoms with Crippen molar-refractivity contribution in [3.8, 4) is 0 Å². The lowest BCUT2D eigenvalue weighted by atomic mass is 10.3. The monoisotopic (exact) mass is 276 g/mol. The van der Waals surface area contributed by atoms with Gasteiger partial charge in [0.05, 0.1) is 23.3 Å². The Morgan fingerprint density at radius 2 is 2.11 bits per heavy atom. The van der Waals surface area contributed by atoms with Gasteiger partial charge < -0.3 is 10.1 Å². The van der Waals surface area contributed by atoms with Gasteiger partial charge in [-0.05, 0) is 32.0 Å². The molecule has 0 radical (unpaired) electrons. The number of hydrogen-bond acceptors (Lipinski definition) is 4. The predicted octanol–water partition coefficient (Wildman–Crippen LogP) is 1.31. The minimum absolute atomic E-state index is 0.112. The minimum atomic E-state index is -3.87. The van der Waals surface area contributed by atoms with E-state index in [0.717, 1.165) is 6.07 Å². The van der Waals surface area contributed by atoms with Crippen molar-refractivity contribution in [3.05, 3.63) is 24.0 Å². The van der Waals surface area contributed by atoms with Crippen LogP contribution in [0.3, 0.4) is 0 Å². The zero-order chi connectivity index (χ0) is 13.8. The summed E-state index contributed by atoms with van der Waals surface area (Å²) in [5, 5.41) is 7.71. The third kappa shape index (κ3) is 4.59. The molecule has 0 saturated carbocycles. The van der Waals surface area contributed by atoms with Gasteiger partial charge in [-0.25, -0.2) is 17.9 Å². The summed E-state index contributed by atoms with van der Waals surface area (Å²) in [5.74, 6) is -0.661. The maximum Gasteiger partial charge on any atom is 0.238 e. The molecule has 0 amide bonds. The molecule has 0 fully saturated rings. The number of halogens is 1. The molecule has 0 aliphatic carbocycles. The smallest absolute Gasteiger partial charge is 0.238 e. The van der Waals surface area contributed by atoms with Crippen LogP contribution in [0.4, 0.5) is 10.1 Å². The highest BCUT2D eigenvalue weighted by Gasteiger charge is 2.11. The van der Waals surface area contributed by atoms with Crippen molar-refractivity contribution in [2.24, 2.45) is 5.14 Å². The second-order valence-electron chi connectivity index (χ2n) is 4.03. The maximum atomic E-state index is 13.5. The summed E-state index contributed by atoms with van der Waals surface area (Å²) in [6, 6.07) is 3.48. The number of hydrogen-bond donors (Lipinski definition) is 2. The van der Waals surface area contributed by atoms with E-state index in [1.165, 1.54) is 12.1 Å². The van der Waals surface area contributed by atoms with Crippen LogP contribution in [-0.2, 0) is 14.8 Å². The maximum absolute atomic E-state index is 13.5. The van der Waals surface area contributed by atoms with Crippen LogP contribution in [0.5, 0.6) is 0 Å². The summed E-state index contributed by atoms with van der Waals surface area (Å²) in [4.78, 5) is -0.246. The molecular weight excluding hydrogens is 259 g/mol. The number of nitrogens with two attached hydrogens (primary N) is 1. The Hall–Kier alpha value is -1.18. The van der Waals surface area contributed by atoms with Gasteiger partial charge in [0.1, 0.15) is 5.82 Å². The van der Waals surface area contributed by atoms with Gasteiger partial charge in [0.15, 0.2) is 0 Å². The Morgan fingerprint density at radius 3 is 2.61 bits per heavy atom. The Bertz CT molecular complexity index is 503. The highest BCUT2D eigenvalue weighted by molar-refractivity contribution is 7.89. The van der Waals surface area contributed by atoms with Gasteiger partial charge >= 0.3 is 0 Å². The Kier molecular flexibility index (Phi) is 5.06. The van der Waals surface area contributed by atoms with Gasteiger partial charge in [0.25, 0.3) is 0 Å². The zero-order valence-electron chi connectivity index (χ0n) is 10.3. The van der Waals surface area contributed by atoms with Crippen LogP contribution in [0.2, 0.25) is 0 Å². The number of benzene rings is 1. The molecular formula is C11H17FN2O3S. The third-order valence-corrected chi connectivity index (χ3v) is 3.05. The van der Waals surface area contributed by atoms with Crippen LogP contribution in [-0.4, -0.2) is 27.7 Å². The summed E-state index contributed by atoms with van der Waals surface area (Å²) in [6.45, 7) is 4.68. The molecule has 18 heavy (non-hydrogen) atoms. The first-order valence-electron chi connectivity index (χ1n) is 5.48. The van der Waals surface area contributed by atoms with E-state index in [0.29, 0.717) is 13.2 Å². The Morgan fingerprint density at radius 1 is 1.44 bits per heavy atom. The highest BCUT2D eigenvalue weighted by Crippen LogP contribution is 2.17. The number of primary sulfonamides is 1. The van der Waals surface area contributed by atoms with Crippen molar-refractivity contribution in [2.75, 3.05) is 18.5 Å². The molecule has 1 aromatic rings. The Labute approximate surface area is 106 Å². The first-order chi connectivity index (χ1) is 8.30. The third-order valence-electron chi connectivity index (χ3n) is 2.14. The molecule has 0 atom stereocenters. The molecule has 0 heterocycles. The predicted molar refractivity (Wildman–Crippen MR) is 67.4 cm³/mol. The summed E-state index contributed by atoms with van der Waals surface area (Å²) in [5.41, 5.74) is 0.217.